The molecule has 2 N–H and O–H groups in total. The van der Waals surface area contributed by atoms with E-state index in [1.807, 2.05) is 13.8 Å². The first-order chi connectivity index (χ1) is 10.1. The van der Waals surface area contributed by atoms with E-state index in [1.54, 1.807) is 0 Å². The Morgan fingerprint density at radius 3 is 2.52 bits per heavy atom. The minimum absolute atomic E-state index is 0.0975. The van der Waals surface area contributed by atoms with Crippen molar-refractivity contribution in [3.8, 4) is 0 Å². The van der Waals surface area contributed by atoms with Gasteiger partial charge in [0.2, 0.25) is 11.3 Å². The molecule has 0 unspecified atom stereocenters. The number of fused-ring (bicyclic) bond motifs is 1. The lowest BCUT2D eigenvalue weighted by molar-refractivity contribution is 0.170. The second-order valence-corrected chi connectivity index (χ2v) is 6.18. The van der Waals surface area contributed by atoms with Crippen LogP contribution in [0.3, 0.4) is 0 Å². The summed E-state index contributed by atoms with van der Waals surface area (Å²) in [7, 11) is 0. The summed E-state index contributed by atoms with van der Waals surface area (Å²) >= 11 is 0. The average Bonchev–Trinajstić information content (AvgIpc) is 3.14. The minimum atomic E-state index is -0.235. The number of hydrogen-bond donors (Lipinski definition) is 2. The Hall–Kier alpha value is -1.96. The molecule has 1 saturated heterocycles. The van der Waals surface area contributed by atoms with Crippen molar-refractivity contribution in [2.45, 2.75) is 26.7 Å². The molecule has 1 fully saturated rings. The standard InChI is InChI=1S/C13H20N6O2/c1-13(2,8-20)7-14-11-12(19-5-3-4-6-19)16-10-9(15-11)17-21-18-10/h20H,3-8H2,1-2H3,(H,14,15,17). The number of nitrogens with one attached hydrogen (secondary N) is 1. The van der Waals surface area contributed by atoms with Crippen molar-refractivity contribution in [1.82, 2.24) is 20.3 Å². The summed E-state index contributed by atoms with van der Waals surface area (Å²) in [5.41, 5.74) is 0.576. The van der Waals surface area contributed by atoms with Crippen LogP contribution >= 0.6 is 0 Å². The van der Waals surface area contributed by atoms with Crippen LogP contribution in [-0.4, -0.2) is 51.6 Å². The molecule has 0 saturated carbocycles. The van der Waals surface area contributed by atoms with Crippen LogP contribution in [0.25, 0.3) is 11.3 Å². The fourth-order valence-electron chi connectivity index (χ4n) is 2.28. The molecule has 3 heterocycles. The van der Waals surface area contributed by atoms with Gasteiger partial charge in [0.25, 0.3) is 0 Å². The van der Waals surface area contributed by atoms with Crippen molar-refractivity contribution < 1.29 is 9.74 Å². The summed E-state index contributed by atoms with van der Waals surface area (Å²) < 4.78 is 4.69. The Balaban J connectivity index is 1.91. The van der Waals surface area contributed by atoms with Crippen molar-refractivity contribution in [3.05, 3.63) is 0 Å². The molecule has 0 atom stereocenters. The lowest BCUT2D eigenvalue weighted by atomic mass is 9.95. The monoisotopic (exact) mass is 292 g/mol. The first-order valence-corrected chi connectivity index (χ1v) is 7.19. The summed E-state index contributed by atoms with van der Waals surface area (Å²) in [4.78, 5) is 11.2. The highest BCUT2D eigenvalue weighted by atomic mass is 16.6. The van der Waals surface area contributed by atoms with Gasteiger partial charge in [-0.15, -0.1) is 0 Å². The van der Waals surface area contributed by atoms with E-state index >= 15 is 0 Å². The van der Waals surface area contributed by atoms with Gasteiger partial charge in [0, 0.05) is 31.7 Å². The smallest absolute Gasteiger partial charge is 0.245 e. The molecule has 2 aromatic rings. The Kier molecular flexibility index (Phi) is 3.62. The molecule has 21 heavy (non-hydrogen) atoms. The number of anilines is 2. The third-order valence-corrected chi connectivity index (χ3v) is 3.66. The molecule has 1 aliphatic rings. The molecule has 0 aromatic carbocycles. The van der Waals surface area contributed by atoms with Crippen LogP contribution in [0.2, 0.25) is 0 Å². The van der Waals surface area contributed by atoms with Gasteiger partial charge in [-0.1, -0.05) is 13.8 Å². The molecule has 0 amide bonds. The number of hydrogen-bond acceptors (Lipinski definition) is 8. The third-order valence-electron chi connectivity index (χ3n) is 3.66. The van der Waals surface area contributed by atoms with Crippen molar-refractivity contribution in [2.24, 2.45) is 5.41 Å². The van der Waals surface area contributed by atoms with Gasteiger partial charge in [0.1, 0.15) is 0 Å². The maximum Gasteiger partial charge on any atom is 0.245 e. The maximum atomic E-state index is 9.37. The van der Waals surface area contributed by atoms with E-state index in [-0.39, 0.29) is 12.0 Å². The zero-order chi connectivity index (χ0) is 14.9. The summed E-state index contributed by atoms with van der Waals surface area (Å²) in [6.07, 6.45) is 2.30. The molecule has 8 nitrogen and oxygen atoms in total. The van der Waals surface area contributed by atoms with Crippen LogP contribution in [0.15, 0.2) is 4.63 Å². The van der Waals surface area contributed by atoms with E-state index < -0.39 is 0 Å². The van der Waals surface area contributed by atoms with Crippen LogP contribution in [0, 0.1) is 5.41 Å². The Morgan fingerprint density at radius 2 is 1.86 bits per heavy atom. The molecule has 1 aliphatic heterocycles. The van der Waals surface area contributed by atoms with Gasteiger partial charge in [0.15, 0.2) is 11.6 Å². The van der Waals surface area contributed by atoms with Gasteiger partial charge in [0.05, 0.1) is 0 Å². The lowest BCUT2D eigenvalue weighted by Gasteiger charge is -2.24. The summed E-state index contributed by atoms with van der Waals surface area (Å²) in [6, 6.07) is 0. The Bertz CT molecular complexity index is 620. The second-order valence-electron chi connectivity index (χ2n) is 6.18. The van der Waals surface area contributed by atoms with Gasteiger partial charge in [-0.3, -0.25) is 0 Å². The highest BCUT2D eigenvalue weighted by Gasteiger charge is 2.23. The molecular formula is C13H20N6O2. The summed E-state index contributed by atoms with van der Waals surface area (Å²) in [6.45, 7) is 6.58. The number of aliphatic hydroxyl groups excluding tert-OH is 1. The Labute approximate surface area is 122 Å². The molecule has 0 spiro atoms. The second kappa shape index (κ2) is 5.44. The van der Waals surface area contributed by atoms with E-state index in [0.29, 0.717) is 23.7 Å². The zero-order valence-corrected chi connectivity index (χ0v) is 12.3. The third kappa shape index (κ3) is 2.90. The van der Waals surface area contributed by atoms with E-state index in [9.17, 15) is 5.11 Å². The largest absolute Gasteiger partial charge is 0.396 e. The van der Waals surface area contributed by atoms with Crippen LogP contribution < -0.4 is 10.2 Å². The van der Waals surface area contributed by atoms with Gasteiger partial charge in [-0.05, 0) is 23.2 Å². The zero-order valence-electron chi connectivity index (χ0n) is 12.3. The highest BCUT2D eigenvalue weighted by Crippen LogP contribution is 2.27. The highest BCUT2D eigenvalue weighted by molar-refractivity contribution is 5.74. The van der Waals surface area contributed by atoms with Gasteiger partial charge in [-0.25, -0.2) is 14.6 Å². The molecule has 8 heteroatoms. The normalized spacial score (nSPS) is 15.9. The van der Waals surface area contributed by atoms with Gasteiger partial charge < -0.3 is 15.3 Å². The van der Waals surface area contributed by atoms with E-state index in [4.69, 9.17) is 4.63 Å². The summed E-state index contributed by atoms with van der Waals surface area (Å²) in [5, 5.41) is 20.2. The molecular weight excluding hydrogens is 272 g/mol. The number of rotatable bonds is 5. The molecule has 0 bridgehead atoms. The minimum Gasteiger partial charge on any atom is -0.396 e. The molecule has 2 aromatic heterocycles. The molecule has 0 aliphatic carbocycles. The SMILES string of the molecule is CC(C)(CO)CNc1nc2nonc2nc1N1CCCC1. The predicted octanol–water partition coefficient (Wildman–Crippen LogP) is 1.04. The van der Waals surface area contributed by atoms with E-state index in [0.717, 1.165) is 31.7 Å². The fourth-order valence-corrected chi connectivity index (χ4v) is 2.28. The quantitative estimate of drug-likeness (QED) is 0.843. The number of nitrogens with zero attached hydrogens (tertiary/aromatic N) is 5. The Morgan fingerprint density at radius 1 is 1.19 bits per heavy atom. The van der Waals surface area contributed by atoms with Gasteiger partial charge in [-0.2, -0.15) is 0 Å². The average molecular weight is 292 g/mol. The van der Waals surface area contributed by atoms with Crippen molar-refractivity contribution in [1.29, 1.82) is 0 Å². The maximum absolute atomic E-state index is 9.37. The van der Waals surface area contributed by atoms with E-state index in [2.05, 4.69) is 30.5 Å². The molecule has 3 rings (SSSR count). The van der Waals surface area contributed by atoms with Gasteiger partial charge >= 0.3 is 0 Å². The first kappa shape index (κ1) is 14.0. The van der Waals surface area contributed by atoms with Crippen LogP contribution in [0.5, 0.6) is 0 Å². The predicted molar refractivity (Wildman–Crippen MR) is 78.2 cm³/mol. The van der Waals surface area contributed by atoms with Crippen molar-refractivity contribution >= 4 is 22.9 Å². The van der Waals surface area contributed by atoms with Crippen LogP contribution in [0.1, 0.15) is 26.7 Å². The lowest BCUT2D eigenvalue weighted by Crippen LogP contribution is -2.29. The number of aliphatic hydroxyl groups is 1. The van der Waals surface area contributed by atoms with Crippen molar-refractivity contribution in [3.63, 3.8) is 0 Å². The van der Waals surface area contributed by atoms with E-state index in [1.165, 1.54) is 0 Å². The fraction of sp³-hybridized carbons (Fsp3) is 0.692. The van der Waals surface area contributed by atoms with Crippen LogP contribution in [-0.2, 0) is 0 Å². The van der Waals surface area contributed by atoms with Crippen molar-refractivity contribution in [2.75, 3.05) is 36.5 Å². The topological polar surface area (TPSA) is 100 Å². The molecule has 114 valence electrons. The van der Waals surface area contributed by atoms with Crippen LogP contribution in [0.4, 0.5) is 11.6 Å². The summed E-state index contributed by atoms with van der Waals surface area (Å²) in [5.74, 6) is 1.45. The molecule has 0 radical (unpaired) electrons. The number of aromatic nitrogens is 4. The first-order valence-electron chi connectivity index (χ1n) is 7.19.